The van der Waals surface area contributed by atoms with Crippen molar-refractivity contribution >= 4 is 15.9 Å². The van der Waals surface area contributed by atoms with Gasteiger partial charge in [0.15, 0.2) is 0 Å². The maximum absolute atomic E-state index is 12.7. The van der Waals surface area contributed by atoms with Gasteiger partial charge in [0.25, 0.3) is 0 Å². The van der Waals surface area contributed by atoms with Crippen molar-refractivity contribution in [3.05, 3.63) is 87.0 Å². The normalized spacial score (nSPS) is 15.3. The fourth-order valence-electron chi connectivity index (χ4n) is 3.88. The lowest BCUT2D eigenvalue weighted by molar-refractivity contribution is 0.443. The molecule has 0 saturated heterocycles. The Morgan fingerprint density at radius 3 is 2.46 bits per heavy atom. The number of aromatic nitrogens is 2. The number of rotatable bonds is 4. The fraction of sp³-hybridized carbons (Fsp3) is 0.318. The second-order valence-electron chi connectivity index (χ2n) is 7.14. The van der Waals surface area contributed by atoms with Gasteiger partial charge in [-0.15, -0.1) is 0 Å². The van der Waals surface area contributed by atoms with Crippen molar-refractivity contribution in [2.24, 2.45) is 0 Å². The standard InChI is InChI=1S/C22H23BrN2O/c23-20-7-4-8-21(15-20)25-14-13-24(22(25)26)16-17-9-11-19(12-10-17)18-5-2-1-3-6-18/h4,7-15,18H,1-3,5-6,16H2. The first kappa shape index (κ1) is 17.3. The second kappa shape index (κ2) is 7.67. The van der Waals surface area contributed by atoms with Gasteiger partial charge in [-0.25, -0.2) is 4.79 Å². The minimum atomic E-state index is -0.0144. The molecular weight excluding hydrogens is 388 g/mol. The molecule has 2 aromatic carbocycles. The van der Waals surface area contributed by atoms with Gasteiger partial charge in [-0.3, -0.25) is 9.13 Å². The molecular formula is C22H23BrN2O. The van der Waals surface area contributed by atoms with Crippen LogP contribution in [0.1, 0.15) is 49.1 Å². The average molecular weight is 411 g/mol. The molecule has 0 radical (unpaired) electrons. The minimum Gasteiger partial charge on any atom is -0.294 e. The van der Waals surface area contributed by atoms with E-state index in [-0.39, 0.29) is 5.69 Å². The summed E-state index contributed by atoms with van der Waals surface area (Å²) in [5, 5.41) is 0. The summed E-state index contributed by atoms with van der Waals surface area (Å²) >= 11 is 3.46. The number of benzene rings is 2. The monoisotopic (exact) mass is 410 g/mol. The zero-order valence-electron chi connectivity index (χ0n) is 14.8. The van der Waals surface area contributed by atoms with Crippen molar-refractivity contribution in [3.8, 4) is 5.69 Å². The Balaban J connectivity index is 1.52. The molecule has 134 valence electrons. The maximum Gasteiger partial charge on any atom is 0.333 e. The molecule has 0 N–H and O–H groups in total. The van der Waals surface area contributed by atoms with Crippen LogP contribution in [-0.2, 0) is 6.54 Å². The van der Waals surface area contributed by atoms with E-state index in [0.29, 0.717) is 6.54 Å². The molecule has 26 heavy (non-hydrogen) atoms. The first-order valence-electron chi connectivity index (χ1n) is 9.33. The van der Waals surface area contributed by atoms with E-state index in [9.17, 15) is 4.79 Å². The molecule has 1 aliphatic carbocycles. The third-order valence-electron chi connectivity index (χ3n) is 5.34. The van der Waals surface area contributed by atoms with E-state index in [2.05, 4.69) is 40.2 Å². The summed E-state index contributed by atoms with van der Waals surface area (Å²) in [6, 6.07) is 16.6. The third kappa shape index (κ3) is 3.70. The Bertz CT molecular complexity index is 933. The molecule has 3 nitrogen and oxygen atoms in total. The number of hydrogen-bond donors (Lipinski definition) is 0. The number of hydrogen-bond acceptors (Lipinski definition) is 1. The van der Waals surface area contributed by atoms with E-state index < -0.39 is 0 Å². The average Bonchev–Trinajstić information content (AvgIpc) is 3.03. The number of nitrogens with zero attached hydrogens (tertiary/aromatic N) is 2. The molecule has 4 rings (SSSR count). The second-order valence-corrected chi connectivity index (χ2v) is 8.05. The Morgan fingerprint density at radius 2 is 1.73 bits per heavy atom. The van der Waals surface area contributed by atoms with E-state index in [1.807, 2.05) is 36.7 Å². The molecule has 0 bridgehead atoms. The highest BCUT2D eigenvalue weighted by Gasteiger charge is 2.15. The van der Waals surface area contributed by atoms with Gasteiger partial charge >= 0.3 is 5.69 Å². The Hall–Kier alpha value is -2.07. The summed E-state index contributed by atoms with van der Waals surface area (Å²) < 4.78 is 4.41. The van der Waals surface area contributed by atoms with Gasteiger partial charge in [0.05, 0.1) is 12.2 Å². The lowest BCUT2D eigenvalue weighted by Gasteiger charge is -2.22. The fourth-order valence-corrected chi connectivity index (χ4v) is 4.27. The summed E-state index contributed by atoms with van der Waals surface area (Å²) in [5.41, 5.74) is 3.47. The van der Waals surface area contributed by atoms with Crippen molar-refractivity contribution < 1.29 is 0 Å². The molecule has 0 unspecified atom stereocenters. The van der Waals surface area contributed by atoms with Gasteiger partial charge in [-0.1, -0.05) is 65.5 Å². The number of imidazole rings is 1. The van der Waals surface area contributed by atoms with Crippen LogP contribution < -0.4 is 5.69 Å². The molecule has 0 spiro atoms. The minimum absolute atomic E-state index is 0.0144. The molecule has 3 aromatic rings. The van der Waals surface area contributed by atoms with E-state index in [4.69, 9.17) is 0 Å². The zero-order chi connectivity index (χ0) is 17.9. The lowest BCUT2D eigenvalue weighted by atomic mass is 9.84. The van der Waals surface area contributed by atoms with Crippen LogP contribution in [0.4, 0.5) is 0 Å². The van der Waals surface area contributed by atoms with Crippen molar-refractivity contribution in [1.82, 2.24) is 9.13 Å². The molecule has 1 aliphatic rings. The Kier molecular flexibility index (Phi) is 5.11. The van der Waals surface area contributed by atoms with Crippen molar-refractivity contribution in [3.63, 3.8) is 0 Å². The summed E-state index contributed by atoms with van der Waals surface area (Å²) in [4.78, 5) is 12.7. The van der Waals surface area contributed by atoms with Crippen LogP contribution in [0, 0.1) is 0 Å². The predicted octanol–water partition coefficient (Wildman–Crippen LogP) is 5.50. The van der Waals surface area contributed by atoms with Gasteiger partial charge in [-0.05, 0) is 48.1 Å². The van der Waals surface area contributed by atoms with Gasteiger partial charge in [0.1, 0.15) is 0 Å². The highest BCUT2D eigenvalue weighted by molar-refractivity contribution is 9.10. The molecule has 0 aliphatic heterocycles. The SMILES string of the molecule is O=c1n(Cc2ccc(C3CCCCC3)cc2)ccn1-c1cccc(Br)c1. The van der Waals surface area contributed by atoms with Crippen LogP contribution in [-0.4, -0.2) is 9.13 Å². The van der Waals surface area contributed by atoms with E-state index in [0.717, 1.165) is 16.1 Å². The summed E-state index contributed by atoms with van der Waals surface area (Å²) in [7, 11) is 0. The third-order valence-corrected chi connectivity index (χ3v) is 5.84. The molecule has 0 amide bonds. The van der Waals surface area contributed by atoms with Gasteiger partial charge in [-0.2, -0.15) is 0 Å². The summed E-state index contributed by atoms with van der Waals surface area (Å²) in [6.07, 6.45) is 10.4. The van der Waals surface area contributed by atoms with Gasteiger partial charge in [0.2, 0.25) is 0 Å². The maximum atomic E-state index is 12.7. The van der Waals surface area contributed by atoms with Crippen LogP contribution >= 0.6 is 15.9 Å². The van der Waals surface area contributed by atoms with Gasteiger partial charge in [0, 0.05) is 16.9 Å². The summed E-state index contributed by atoms with van der Waals surface area (Å²) in [6.45, 7) is 0.602. The molecule has 1 fully saturated rings. The van der Waals surface area contributed by atoms with Crippen molar-refractivity contribution in [2.75, 3.05) is 0 Å². The van der Waals surface area contributed by atoms with Crippen LogP contribution in [0.15, 0.2) is 70.2 Å². The quantitative estimate of drug-likeness (QED) is 0.557. The Labute approximate surface area is 162 Å². The van der Waals surface area contributed by atoms with E-state index >= 15 is 0 Å². The largest absolute Gasteiger partial charge is 0.333 e. The van der Waals surface area contributed by atoms with Crippen molar-refractivity contribution in [2.45, 2.75) is 44.6 Å². The number of halogens is 1. The predicted molar refractivity (Wildman–Crippen MR) is 109 cm³/mol. The van der Waals surface area contributed by atoms with Gasteiger partial charge < -0.3 is 0 Å². The highest BCUT2D eigenvalue weighted by atomic mass is 79.9. The molecule has 1 heterocycles. The van der Waals surface area contributed by atoms with Crippen LogP contribution in [0.5, 0.6) is 0 Å². The molecule has 4 heteroatoms. The van der Waals surface area contributed by atoms with Crippen molar-refractivity contribution in [1.29, 1.82) is 0 Å². The smallest absolute Gasteiger partial charge is 0.294 e. The van der Waals surface area contributed by atoms with E-state index in [1.165, 1.54) is 43.2 Å². The highest BCUT2D eigenvalue weighted by Crippen LogP contribution is 2.32. The molecule has 1 saturated carbocycles. The zero-order valence-corrected chi connectivity index (χ0v) is 16.4. The lowest BCUT2D eigenvalue weighted by Crippen LogP contribution is -2.23. The molecule has 1 aromatic heterocycles. The first-order valence-corrected chi connectivity index (χ1v) is 10.1. The molecule has 0 atom stereocenters. The van der Waals surface area contributed by atoms with E-state index in [1.54, 1.807) is 9.13 Å². The summed E-state index contributed by atoms with van der Waals surface area (Å²) in [5.74, 6) is 0.720. The first-order chi connectivity index (χ1) is 12.7. The van der Waals surface area contributed by atoms with Crippen LogP contribution in [0.3, 0.4) is 0 Å². The topological polar surface area (TPSA) is 26.9 Å². The van der Waals surface area contributed by atoms with Crippen LogP contribution in [0.25, 0.3) is 5.69 Å². The van der Waals surface area contributed by atoms with Crippen LogP contribution in [0.2, 0.25) is 0 Å². The Morgan fingerprint density at radius 1 is 0.962 bits per heavy atom.